The van der Waals surface area contributed by atoms with Gasteiger partial charge in [-0.3, -0.25) is 9.59 Å². The van der Waals surface area contributed by atoms with Crippen molar-refractivity contribution in [1.82, 2.24) is 10.2 Å². The van der Waals surface area contributed by atoms with E-state index in [1.807, 2.05) is 56.3 Å². The van der Waals surface area contributed by atoms with Crippen molar-refractivity contribution in [2.75, 3.05) is 13.7 Å². The van der Waals surface area contributed by atoms with Crippen LogP contribution in [0.2, 0.25) is 0 Å². The van der Waals surface area contributed by atoms with Crippen LogP contribution in [0.15, 0.2) is 46.9 Å². The van der Waals surface area contributed by atoms with Crippen LogP contribution < -0.4 is 10.1 Å². The highest BCUT2D eigenvalue weighted by molar-refractivity contribution is 9.10. The molecule has 0 bridgehead atoms. The molecule has 1 N–H and O–H groups in total. The summed E-state index contributed by atoms with van der Waals surface area (Å²) >= 11 is 3.53. The number of aryl methyl sites for hydroxylation is 1. The molecule has 0 saturated heterocycles. The minimum Gasteiger partial charge on any atom is -0.483 e. The van der Waals surface area contributed by atoms with Crippen molar-refractivity contribution in [2.24, 2.45) is 0 Å². The van der Waals surface area contributed by atoms with E-state index in [9.17, 15) is 9.59 Å². The Bertz CT molecular complexity index is 865. The largest absolute Gasteiger partial charge is 0.483 e. The van der Waals surface area contributed by atoms with E-state index in [-0.39, 0.29) is 18.4 Å². The zero-order chi connectivity index (χ0) is 22.3. The number of amides is 2. The Morgan fingerprint density at radius 1 is 1.13 bits per heavy atom. The van der Waals surface area contributed by atoms with E-state index in [4.69, 9.17) is 4.74 Å². The van der Waals surface area contributed by atoms with Crippen molar-refractivity contribution in [3.63, 3.8) is 0 Å². The summed E-state index contributed by atoms with van der Waals surface area (Å²) in [5, 5.41) is 2.66. The maximum atomic E-state index is 13.1. The maximum Gasteiger partial charge on any atom is 0.261 e. The molecule has 0 spiro atoms. The Morgan fingerprint density at radius 3 is 2.33 bits per heavy atom. The second kappa shape index (κ2) is 11.2. The first-order chi connectivity index (χ1) is 14.3. The number of nitrogens with zero attached hydrogens (tertiary/aromatic N) is 1. The van der Waals surface area contributed by atoms with Gasteiger partial charge in [0.1, 0.15) is 11.8 Å². The first kappa shape index (κ1) is 23.9. The normalized spacial score (nSPS) is 11.8. The lowest BCUT2D eigenvalue weighted by molar-refractivity contribution is -0.142. The first-order valence-corrected chi connectivity index (χ1v) is 11.0. The number of rotatable bonds is 9. The van der Waals surface area contributed by atoms with Gasteiger partial charge in [-0.15, -0.1) is 0 Å². The van der Waals surface area contributed by atoms with Crippen LogP contribution in [0.25, 0.3) is 0 Å². The van der Waals surface area contributed by atoms with Crippen molar-refractivity contribution in [3.8, 4) is 5.75 Å². The second-order valence-corrected chi connectivity index (χ2v) is 8.53. The monoisotopic (exact) mass is 474 g/mol. The molecule has 0 fully saturated rings. The highest BCUT2D eigenvalue weighted by Gasteiger charge is 2.28. The first-order valence-electron chi connectivity index (χ1n) is 10.3. The molecule has 2 aromatic rings. The molecule has 2 amide bonds. The molecular formula is C24H31BrN2O3. The molecule has 162 valence electrons. The predicted molar refractivity (Wildman–Crippen MR) is 124 cm³/mol. The Hall–Kier alpha value is -2.34. The highest BCUT2D eigenvalue weighted by atomic mass is 79.9. The van der Waals surface area contributed by atoms with E-state index >= 15 is 0 Å². The number of likely N-dealkylation sites (N-methyl/N-ethyl adjacent to an activating group) is 1. The Labute approximate surface area is 187 Å². The zero-order valence-electron chi connectivity index (χ0n) is 18.4. The van der Waals surface area contributed by atoms with Gasteiger partial charge < -0.3 is 15.0 Å². The van der Waals surface area contributed by atoms with Crippen LogP contribution in [0.5, 0.6) is 5.75 Å². The van der Waals surface area contributed by atoms with E-state index in [2.05, 4.69) is 35.1 Å². The number of hydrogen-bond donors (Lipinski definition) is 1. The average molecular weight is 475 g/mol. The van der Waals surface area contributed by atoms with Gasteiger partial charge in [-0.2, -0.15) is 0 Å². The van der Waals surface area contributed by atoms with Crippen molar-refractivity contribution in [1.29, 1.82) is 0 Å². The molecule has 6 heteroatoms. The predicted octanol–water partition coefficient (Wildman–Crippen LogP) is 4.81. The minimum absolute atomic E-state index is 0.140. The molecule has 2 rings (SSSR count). The third kappa shape index (κ3) is 6.33. The molecular weight excluding hydrogens is 444 g/mol. The van der Waals surface area contributed by atoms with Gasteiger partial charge >= 0.3 is 0 Å². The number of hydrogen-bond acceptors (Lipinski definition) is 3. The fraction of sp³-hybridized carbons (Fsp3) is 0.417. The van der Waals surface area contributed by atoms with Crippen LogP contribution in [0.3, 0.4) is 0 Å². The van der Waals surface area contributed by atoms with Gasteiger partial charge in [-0.05, 0) is 58.5 Å². The molecule has 0 aliphatic carbocycles. The Kier molecular flexibility index (Phi) is 8.90. The average Bonchev–Trinajstić information content (AvgIpc) is 2.73. The standard InChI is InChI=1S/C24H31BrN2O3/c1-6-21(24(29)26-5)27(14-18-9-7-17(4)8-10-18)23(28)15-30-22-12-11-19(16(2)3)13-20(22)25/h7-13,16,21H,6,14-15H2,1-5H3,(H,26,29). The van der Waals surface area contributed by atoms with Gasteiger partial charge in [0, 0.05) is 13.6 Å². The fourth-order valence-corrected chi connectivity index (χ4v) is 3.70. The smallest absolute Gasteiger partial charge is 0.261 e. The molecule has 0 radical (unpaired) electrons. The van der Waals surface area contributed by atoms with Gasteiger partial charge in [0.15, 0.2) is 6.61 Å². The molecule has 0 heterocycles. The van der Waals surface area contributed by atoms with E-state index in [0.29, 0.717) is 24.6 Å². The number of nitrogens with one attached hydrogen (secondary N) is 1. The third-order valence-electron chi connectivity index (χ3n) is 5.08. The summed E-state index contributed by atoms with van der Waals surface area (Å²) in [5.74, 6) is 0.599. The molecule has 30 heavy (non-hydrogen) atoms. The molecule has 0 saturated carbocycles. The fourth-order valence-electron chi connectivity index (χ4n) is 3.19. The summed E-state index contributed by atoms with van der Waals surface area (Å²) in [6, 6.07) is 13.3. The lowest BCUT2D eigenvalue weighted by Crippen LogP contribution is -2.49. The number of benzene rings is 2. The van der Waals surface area contributed by atoms with Gasteiger partial charge in [-0.25, -0.2) is 0 Å². The van der Waals surface area contributed by atoms with Crippen molar-refractivity contribution in [2.45, 2.75) is 52.6 Å². The van der Waals surface area contributed by atoms with E-state index in [0.717, 1.165) is 15.6 Å². The van der Waals surface area contributed by atoms with Crippen molar-refractivity contribution in [3.05, 3.63) is 63.6 Å². The summed E-state index contributed by atoms with van der Waals surface area (Å²) in [6.07, 6.45) is 0.518. The van der Waals surface area contributed by atoms with Crippen molar-refractivity contribution >= 4 is 27.7 Å². The topological polar surface area (TPSA) is 58.6 Å². The van der Waals surface area contributed by atoms with E-state index in [1.54, 1.807) is 11.9 Å². The number of carbonyl (C=O) groups excluding carboxylic acids is 2. The van der Waals surface area contributed by atoms with Crippen LogP contribution in [0.4, 0.5) is 0 Å². The second-order valence-electron chi connectivity index (χ2n) is 7.68. The van der Waals surface area contributed by atoms with Crippen LogP contribution in [-0.4, -0.2) is 36.4 Å². The molecule has 1 atom stereocenters. The number of carbonyl (C=O) groups is 2. The highest BCUT2D eigenvalue weighted by Crippen LogP contribution is 2.29. The van der Waals surface area contributed by atoms with E-state index in [1.165, 1.54) is 5.56 Å². The molecule has 1 unspecified atom stereocenters. The van der Waals surface area contributed by atoms with E-state index < -0.39 is 6.04 Å². The molecule has 5 nitrogen and oxygen atoms in total. The van der Waals surface area contributed by atoms with Crippen LogP contribution in [-0.2, 0) is 16.1 Å². The van der Waals surface area contributed by atoms with Crippen LogP contribution in [0, 0.1) is 6.92 Å². The Morgan fingerprint density at radius 2 is 1.80 bits per heavy atom. The molecule has 2 aromatic carbocycles. The van der Waals surface area contributed by atoms with Gasteiger partial charge in [0.25, 0.3) is 5.91 Å². The van der Waals surface area contributed by atoms with Crippen LogP contribution >= 0.6 is 15.9 Å². The minimum atomic E-state index is -0.556. The van der Waals surface area contributed by atoms with Crippen LogP contribution in [0.1, 0.15) is 49.8 Å². The third-order valence-corrected chi connectivity index (χ3v) is 5.70. The zero-order valence-corrected chi connectivity index (χ0v) is 20.0. The van der Waals surface area contributed by atoms with Crippen molar-refractivity contribution < 1.29 is 14.3 Å². The molecule has 0 aliphatic heterocycles. The summed E-state index contributed by atoms with van der Waals surface area (Å²) in [5.41, 5.74) is 3.30. The lowest BCUT2D eigenvalue weighted by atomic mass is 10.0. The van der Waals surface area contributed by atoms with Gasteiger partial charge in [0.05, 0.1) is 4.47 Å². The molecule has 0 aliphatic rings. The number of ether oxygens (including phenoxy) is 1. The molecule has 0 aromatic heterocycles. The maximum absolute atomic E-state index is 13.1. The summed E-state index contributed by atoms with van der Waals surface area (Å²) in [4.78, 5) is 27.1. The summed E-state index contributed by atoms with van der Waals surface area (Å²) in [6.45, 7) is 8.37. The summed E-state index contributed by atoms with van der Waals surface area (Å²) < 4.78 is 6.62. The summed E-state index contributed by atoms with van der Waals surface area (Å²) in [7, 11) is 1.59. The van der Waals surface area contributed by atoms with Gasteiger partial charge in [-0.1, -0.05) is 56.7 Å². The van der Waals surface area contributed by atoms with Gasteiger partial charge in [0.2, 0.25) is 5.91 Å². The quantitative estimate of drug-likeness (QED) is 0.566. The lowest BCUT2D eigenvalue weighted by Gasteiger charge is -2.30. The number of halogens is 1. The SMILES string of the molecule is CCC(C(=O)NC)N(Cc1ccc(C)cc1)C(=O)COc1ccc(C(C)C)cc1Br. The Balaban J connectivity index is 2.19.